The highest BCUT2D eigenvalue weighted by molar-refractivity contribution is 7.99. The Hall–Kier alpha value is -3.68. The van der Waals surface area contributed by atoms with Gasteiger partial charge in [0.1, 0.15) is 0 Å². The number of benzene rings is 5. The van der Waals surface area contributed by atoms with E-state index in [0.29, 0.717) is 17.3 Å². The average molecular weight is 627 g/mol. The molecule has 1 saturated carbocycles. The minimum atomic E-state index is 0.259. The van der Waals surface area contributed by atoms with Gasteiger partial charge >= 0.3 is 0 Å². The van der Waals surface area contributed by atoms with Crippen molar-refractivity contribution in [2.75, 3.05) is 16.3 Å². The lowest BCUT2D eigenvalue weighted by Gasteiger charge is -2.36. The van der Waals surface area contributed by atoms with Crippen molar-refractivity contribution in [2.24, 2.45) is 5.92 Å². The lowest BCUT2D eigenvalue weighted by Crippen LogP contribution is -2.37. The molecule has 4 atom stereocenters. The van der Waals surface area contributed by atoms with Crippen LogP contribution in [0, 0.1) is 5.92 Å². The average Bonchev–Trinajstić information content (AvgIpc) is 3.77. The Morgan fingerprint density at radius 1 is 0.711 bits per heavy atom. The van der Waals surface area contributed by atoms with Crippen molar-refractivity contribution in [1.29, 1.82) is 0 Å². The molecule has 0 radical (unpaired) electrons. The van der Waals surface area contributed by atoms with Crippen LogP contribution in [0.4, 0.5) is 28.4 Å². The molecule has 3 aliphatic rings. The molecule has 45 heavy (non-hydrogen) atoms. The van der Waals surface area contributed by atoms with Crippen molar-refractivity contribution in [1.82, 2.24) is 9.62 Å². The van der Waals surface area contributed by atoms with Gasteiger partial charge in [-0.25, -0.2) is 4.72 Å². The van der Waals surface area contributed by atoms with Crippen LogP contribution in [0.15, 0.2) is 143 Å². The second kappa shape index (κ2) is 12.6. The molecule has 5 aromatic carbocycles. The van der Waals surface area contributed by atoms with Gasteiger partial charge in [-0.1, -0.05) is 116 Å². The Morgan fingerprint density at radius 3 is 2.07 bits per heavy atom. The predicted molar refractivity (Wildman–Crippen MR) is 191 cm³/mol. The molecule has 2 aliphatic heterocycles. The third kappa shape index (κ3) is 5.55. The van der Waals surface area contributed by atoms with Gasteiger partial charge in [-0.2, -0.15) is 0 Å². The van der Waals surface area contributed by atoms with E-state index in [-0.39, 0.29) is 6.17 Å². The molecule has 0 aromatic heterocycles. The molecule has 0 bridgehead atoms. The third-order valence-corrected chi connectivity index (χ3v) is 11.5. The van der Waals surface area contributed by atoms with Gasteiger partial charge in [0.05, 0.1) is 22.9 Å². The molecule has 0 spiro atoms. The Labute approximate surface area is 275 Å². The lowest BCUT2D eigenvalue weighted by molar-refractivity contribution is 0.179. The summed E-state index contributed by atoms with van der Waals surface area (Å²) >= 11 is 3.84. The summed E-state index contributed by atoms with van der Waals surface area (Å²) in [6.07, 6.45) is 3.88. The Morgan fingerprint density at radius 2 is 1.36 bits per heavy atom. The molecule has 1 N–H and O–H groups in total. The van der Waals surface area contributed by atoms with Crippen LogP contribution < -0.4 is 14.5 Å². The van der Waals surface area contributed by atoms with Crippen molar-refractivity contribution in [3.05, 3.63) is 139 Å². The Bertz CT molecular complexity index is 1710. The monoisotopic (exact) mass is 626 g/mol. The van der Waals surface area contributed by atoms with Gasteiger partial charge in [0.15, 0.2) is 0 Å². The van der Waals surface area contributed by atoms with Gasteiger partial charge in [0, 0.05) is 45.4 Å². The Balaban J connectivity index is 1.13. The van der Waals surface area contributed by atoms with E-state index in [4.69, 9.17) is 0 Å². The van der Waals surface area contributed by atoms with Gasteiger partial charge in [0.2, 0.25) is 0 Å². The number of fused-ring (bicyclic) bond motifs is 2. The van der Waals surface area contributed by atoms with Crippen molar-refractivity contribution in [3.8, 4) is 0 Å². The number of unbranched alkanes of at least 4 members (excludes halogenated alkanes) is 1. The van der Waals surface area contributed by atoms with Crippen LogP contribution in [-0.2, 0) is 0 Å². The second-order valence-electron chi connectivity index (χ2n) is 12.1. The van der Waals surface area contributed by atoms with Crippen molar-refractivity contribution in [2.45, 2.75) is 53.6 Å². The summed E-state index contributed by atoms with van der Waals surface area (Å²) in [5.74, 6) is 0.585. The summed E-state index contributed by atoms with van der Waals surface area (Å²) in [5.41, 5.74) is 7.53. The molecule has 4 nitrogen and oxygen atoms in total. The fraction of sp³-hybridized carbons (Fsp3) is 0.231. The minimum Gasteiger partial charge on any atom is -0.336 e. The highest BCUT2D eigenvalue weighted by atomic mass is 32.2. The van der Waals surface area contributed by atoms with E-state index in [1.807, 2.05) is 23.7 Å². The van der Waals surface area contributed by atoms with Crippen LogP contribution in [0.2, 0.25) is 0 Å². The van der Waals surface area contributed by atoms with E-state index >= 15 is 0 Å². The molecule has 1 saturated heterocycles. The van der Waals surface area contributed by atoms with Crippen LogP contribution in [-0.4, -0.2) is 22.9 Å². The van der Waals surface area contributed by atoms with Crippen LogP contribution in [0.25, 0.3) is 0 Å². The number of para-hydroxylation sites is 3. The largest absolute Gasteiger partial charge is 0.336 e. The maximum atomic E-state index is 3.83. The fourth-order valence-corrected chi connectivity index (χ4v) is 9.39. The van der Waals surface area contributed by atoms with E-state index in [9.17, 15) is 0 Å². The quantitative estimate of drug-likeness (QED) is 0.163. The third-order valence-electron chi connectivity index (χ3n) is 9.18. The molecular weight excluding hydrogens is 589 g/mol. The molecule has 5 aromatic rings. The minimum absolute atomic E-state index is 0.259. The number of rotatable bonds is 9. The summed E-state index contributed by atoms with van der Waals surface area (Å²) in [7, 11) is 0. The van der Waals surface area contributed by atoms with E-state index in [0.717, 1.165) is 17.9 Å². The zero-order chi connectivity index (χ0) is 30.2. The first-order chi connectivity index (χ1) is 22.3. The van der Waals surface area contributed by atoms with Gasteiger partial charge in [-0.3, -0.25) is 4.90 Å². The molecule has 0 amide bonds. The summed E-state index contributed by atoms with van der Waals surface area (Å²) in [5, 5.41) is 0.447. The second-order valence-corrected chi connectivity index (χ2v) is 14.1. The molecular formula is C39H38N4S2. The fourth-order valence-electron chi connectivity index (χ4n) is 6.92. The zero-order valence-corrected chi connectivity index (χ0v) is 27.1. The standard InChI is InChI=1S/C39H38N4S2/c1-2-3-25-41-38(28-15-7-4-8-16-28)40-45-39(41)32-27-35(32)43-33-21-13-14-22-36(33)44-37-26-31(23-24-34(37)43)42(29-17-9-5-10-18-29)30-19-11-6-12-20-30/h4-24,26,32,35,38-40H,2-3,25,27H2,1H3. The maximum absolute atomic E-state index is 3.83. The van der Waals surface area contributed by atoms with Crippen molar-refractivity contribution >= 4 is 52.1 Å². The molecule has 226 valence electrons. The van der Waals surface area contributed by atoms with E-state index in [2.05, 4.69) is 160 Å². The van der Waals surface area contributed by atoms with Gasteiger partial charge < -0.3 is 9.80 Å². The molecule has 2 heterocycles. The van der Waals surface area contributed by atoms with Crippen LogP contribution >= 0.6 is 23.7 Å². The molecule has 1 aliphatic carbocycles. The first-order valence-electron chi connectivity index (χ1n) is 16.1. The number of anilines is 5. The van der Waals surface area contributed by atoms with Crippen molar-refractivity contribution in [3.63, 3.8) is 0 Å². The highest BCUT2D eigenvalue weighted by Gasteiger charge is 2.53. The van der Waals surface area contributed by atoms with E-state index < -0.39 is 0 Å². The zero-order valence-electron chi connectivity index (χ0n) is 25.5. The first-order valence-corrected chi connectivity index (χ1v) is 17.8. The molecule has 4 unspecified atom stereocenters. The maximum Gasteiger partial charge on any atom is 0.0961 e. The summed E-state index contributed by atoms with van der Waals surface area (Å²) in [6.45, 7) is 3.42. The molecule has 6 heteroatoms. The SMILES string of the molecule is CCCCN1C(c2ccccc2)NSC1C1CC1N1c2ccccc2Sc2cc(N(c3ccccc3)c3ccccc3)ccc21. The highest BCUT2D eigenvalue weighted by Crippen LogP contribution is 2.57. The van der Waals surface area contributed by atoms with Crippen molar-refractivity contribution < 1.29 is 0 Å². The normalized spacial score (nSPS) is 22.1. The molecule has 2 fully saturated rings. The van der Waals surface area contributed by atoms with Gasteiger partial charge in [-0.15, -0.1) is 0 Å². The predicted octanol–water partition coefficient (Wildman–Crippen LogP) is 10.5. The molecule has 8 rings (SSSR count). The van der Waals surface area contributed by atoms with E-state index in [1.54, 1.807) is 0 Å². The number of hydrogen-bond donors (Lipinski definition) is 1. The van der Waals surface area contributed by atoms with Gasteiger partial charge in [0.25, 0.3) is 0 Å². The first kappa shape index (κ1) is 28.8. The lowest BCUT2D eigenvalue weighted by atomic mass is 10.1. The van der Waals surface area contributed by atoms with Crippen LogP contribution in [0.1, 0.15) is 37.9 Å². The number of nitrogens with one attached hydrogen (secondary N) is 1. The summed E-state index contributed by atoms with van der Waals surface area (Å²) in [4.78, 5) is 10.4. The number of nitrogens with zero attached hydrogens (tertiary/aromatic N) is 3. The van der Waals surface area contributed by atoms with Crippen LogP contribution in [0.5, 0.6) is 0 Å². The topological polar surface area (TPSA) is 21.8 Å². The number of hydrogen-bond acceptors (Lipinski definition) is 6. The summed E-state index contributed by atoms with van der Waals surface area (Å²) in [6, 6.07) is 48.9. The van der Waals surface area contributed by atoms with Crippen LogP contribution in [0.3, 0.4) is 0 Å². The smallest absolute Gasteiger partial charge is 0.0961 e. The Kier molecular flexibility index (Phi) is 8.06. The summed E-state index contributed by atoms with van der Waals surface area (Å²) < 4.78 is 3.83. The van der Waals surface area contributed by atoms with Gasteiger partial charge in [-0.05, 0) is 73.0 Å². The van der Waals surface area contributed by atoms with E-state index in [1.165, 1.54) is 51.7 Å².